The monoisotopic (exact) mass is 493 g/mol. The van der Waals surface area contributed by atoms with Gasteiger partial charge in [-0.2, -0.15) is 0 Å². The average Bonchev–Trinajstić information content (AvgIpc) is 3.33. The highest BCUT2D eigenvalue weighted by Crippen LogP contribution is 2.20. The molecule has 3 atom stereocenters. The van der Waals surface area contributed by atoms with Crippen LogP contribution in [0.3, 0.4) is 0 Å². The Morgan fingerprint density at radius 3 is 2.57 bits per heavy atom. The Labute approximate surface area is 205 Å². The molecule has 1 saturated heterocycles. The number of hydrogen-bond acceptors (Lipinski definition) is 9. The average molecular weight is 494 g/mol. The molecule has 1 aromatic carbocycles. The molecule has 1 fully saturated rings. The smallest absolute Gasteiger partial charge is 0.328 e. The molecule has 0 aliphatic carbocycles. The van der Waals surface area contributed by atoms with E-state index >= 15 is 0 Å². The first-order valence-corrected chi connectivity index (χ1v) is 12.0. The van der Waals surface area contributed by atoms with Gasteiger partial charge in [-0.1, -0.05) is 30.3 Å². The SMILES string of the molecule is CCOC(=O)C(CCc1ccccc1)NC(C)C(=O)N1CCC[C@H]1C(=O)OCCCCO[N+](=O)[O-]. The number of esters is 2. The van der Waals surface area contributed by atoms with Gasteiger partial charge in [0, 0.05) is 6.54 Å². The van der Waals surface area contributed by atoms with Gasteiger partial charge in [0.15, 0.2) is 0 Å². The van der Waals surface area contributed by atoms with Crippen molar-refractivity contribution >= 4 is 17.8 Å². The van der Waals surface area contributed by atoms with E-state index in [0.29, 0.717) is 45.1 Å². The van der Waals surface area contributed by atoms with Crippen molar-refractivity contribution in [1.29, 1.82) is 0 Å². The van der Waals surface area contributed by atoms with Crippen molar-refractivity contribution < 1.29 is 33.8 Å². The molecule has 0 spiro atoms. The summed E-state index contributed by atoms with van der Waals surface area (Å²) in [5.74, 6) is -1.19. The second kappa shape index (κ2) is 14.9. The fraction of sp³-hybridized carbons (Fsp3) is 0.625. The van der Waals surface area contributed by atoms with Crippen LogP contribution in [0, 0.1) is 10.1 Å². The minimum Gasteiger partial charge on any atom is -0.465 e. The molecule has 0 radical (unpaired) electrons. The van der Waals surface area contributed by atoms with Crippen molar-refractivity contribution in [3.63, 3.8) is 0 Å². The highest BCUT2D eigenvalue weighted by molar-refractivity contribution is 5.88. The van der Waals surface area contributed by atoms with Crippen molar-refractivity contribution in [2.45, 2.75) is 70.5 Å². The molecule has 194 valence electrons. The molecule has 2 unspecified atom stereocenters. The van der Waals surface area contributed by atoms with E-state index in [-0.39, 0.29) is 25.7 Å². The minimum atomic E-state index is -0.864. The molecular weight excluding hydrogens is 458 g/mol. The lowest BCUT2D eigenvalue weighted by Gasteiger charge is -2.28. The van der Waals surface area contributed by atoms with E-state index in [1.54, 1.807) is 13.8 Å². The number of carbonyl (C=O) groups excluding carboxylic acids is 3. The summed E-state index contributed by atoms with van der Waals surface area (Å²) >= 11 is 0. The van der Waals surface area contributed by atoms with E-state index in [1.165, 1.54) is 4.90 Å². The number of nitrogens with zero attached hydrogens (tertiary/aromatic N) is 2. The summed E-state index contributed by atoms with van der Waals surface area (Å²) in [6.45, 7) is 4.10. The maximum Gasteiger partial charge on any atom is 0.328 e. The molecule has 2 rings (SSSR count). The largest absolute Gasteiger partial charge is 0.465 e. The number of nitrogens with one attached hydrogen (secondary N) is 1. The van der Waals surface area contributed by atoms with Gasteiger partial charge >= 0.3 is 11.9 Å². The number of rotatable bonds is 15. The third kappa shape index (κ3) is 9.51. The summed E-state index contributed by atoms with van der Waals surface area (Å²) in [6, 6.07) is 7.69. The number of aryl methyl sites for hydroxylation is 1. The molecule has 1 N–H and O–H groups in total. The molecule has 0 bridgehead atoms. The van der Waals surface area contributed by atoms with Gasteiger partial charge in [0.25, 0.3) is 5.09 Å². The Morgan fingerprint density at radius 2 is 1.89 bits per heavy atom. The molecule has 1 aliphatic rings. The van der Waals surface area contributed by atoms with Gasteiger partial charge < -0.3 is 19.2 Å². The van der Waals surface area contributed by atoms with Gasteiger partial charge in [0.2, 0.25) is 5.91 Å². The predicted molar refractivity (Wildman–Crippen MR) is 126 cm³/mol. The third-order valence-corrected chi connectivity index (χ3v) is 5.74. The summed E-state index contributed by atoms with van der Waals surface area (Å²) in [5.41, 5.74) is 1.08. The number of benzene rings is 1. The van der Waals surface area contributed by atoms with E-state index in [4.69, 9.17) is 9.47 Å². The van der Waals surface area contributed by atoms with Crippen LogP contribution in [0.1, 0.15) is 51.5 Å². The number of carbonyl (C=O) groups is 3. The van der Waals surface area contributed by atoms with Crippen LogP contribution >= 0.6 is 0 Å². The number of unbranched alkanes of at least 4 members (excludes halogenated alkanes) is 1. The Kier molecular flexibility index (Phi) is 12.0. The van der Waals surface area contributed by atoms with Crippen molar-refractivity contribution in [2.75, 3.05) is 26.4 Å². The number of ether oxygens (including phenoxy) is 2. The zero-order valence-corrected chi connectivity index (χ0v) is 20.4. The number of likely N-dealkylation sites (tertiary alicyclic amines) is 1. The fourth-order valence-electron chi connectivity index (χ4n) is 3.98. The van der Waals surface area contributed by atoms with Crippen LogP contribution < -0.4 is 5.32 Å². The maximum absolute atomic E-state index is 13.2. The molecule has 11 nitrogen and oxygen atoms in total. The van der Waals surface area contributed by atoms with Crippen LogP contribution in [-0.2, 0) is 35.1 Å². The second-order valence-corrected chi connectivity index (χ2v) is 8.34. The van der Waals surface area contributed by atoms with Crippen molar-refractivity contribution in [3.05, 3.63) is 46.0 Å². The molecule has 35 heavy (non-hydrogen) atoms. The first-order chi connectivity index (χ1) is 16.8. The lowest BCUT2D eigenvalue weighted by Crippen LogP contribution is -2.53. The van der Waals surface area contributed by atoms with E-state index in [1.807, 2.05) is 30.3 Å². The summed E-state index contributed by atoms with van der Waals surface area (Å²) < 4.78 is 10.5. The standard InChI is InChI=1S/C24H35N3O8/c1-3-33-23(29)20(14-13-19-10-5-4-6-11-19)25-18(2)22(28)26-15-9-12-21(26)24(30)34-16-7-8-17-35-27(31)32/h4-6,10-11,18,20-21,25H,3,7-9,12-17H2,1-2H3/t18?,20?,21-/m0/s1. The molecule has 11 heteroatoms. The van der Waals surface area contributed by atoms with Crippen LogP contribution in [0.5, 0.6) is 0 Å². The van der Waals surface area contributed by atoms with Gasteiger partial charge in [-0.05, 0) is 57.9 Å². The number of hydrogen-bond donors (Lipinski definition) is 1. The van der Waals surface area contributed by atoms with Gasteiger partial charge in [-0.3, -0.25) is 14.9 Å². The van der Waals surface area contributed by atoms with Crippen LogP contribution in [0.2, 0.25) is 0 Å². The van der Waals surface area contributed by atoms with E-state index in [0.717, 1.165) is 5.56 Å². The zero-order chi connectivity index (χ0) is 25.6. The topological polar surface area (TPSA) is 137 Å². The van der Waals surface area contributed by atoms with Crippen LogP contribution in [0.25, 0.3) is 0 Å². The number of amides is 1. The summed E-state index contributed by atoms with van der Waals surface area (Å²) in [6.07, 6.45) is 3.07. The Bertz CT molecular complexity index is 835. The van der Waals surface area contributed by atoms with Crippen molar-refractivity contribution in [1.82, 2.24) is 10.2 Å². The molecule has 0 aromatic heterocycles. The highest BCUT2D eigenvalue weighted by atomic mass is 16.9. The Morgan fingerprint density at radius 1 is 1.17 bits per heavy atom. The van der Waals surface area contributed by atoms with Gasteiger partial charge in [0.05, 0.1) is 25.9 Å². The van der Waals surface area contributed by atoms with Crippen molar-refractivity contribution in [3.8, 4) is 0 Å². The molecule has 1 amide bonds. The van der Waals surface area contributed by atoms with Crippen LogP contribution in [0.15, 0.2) is 30.3 Å². The zero-order valence-electron chi connectivity index (χ0n) is 20.4. The lowest BCUT2D eigenvalue weighted by atomic mass is 10.0. The molecule has 1 aromatic rings. The third-order valence-electron chi connectivity index (χ3n) is 5.74. The van der Waals surface area contributed by atoms with E-state index in [9.17, 15) is 24.5 Å². The molecule has 0 saturated carbocycles. The summed E-state index contributed by atoms with van der Waals surface area (Å²) in [5, 5.41) is 12.4. The molecule has 1 heterocycles. The van der Waals surface area contributed by atoms with Gasteiger partial charge in [-0.15, -0.1) is 10.1 Å². The maximum atomic E-state index is 13.2. The first-order valence-electron chi connectivity index (χ1n) is 12.0. The van der Waals surface area contributed by atoms with E-state index in [2.05, 4.69) is 10.2 Å². The molecular formula is C24H35N3O8. The summed E-state index contributed by atoms with van der Waals surface area (Å²) in [4.78, 5) is 54.1. The second-order valence-electron chi connectivity index (χ2n) is 8.34. The molecule has 1 aliphatic heterocycles. The van der Waals surface area contributed by atoms with Crippen LogP contribution in [-0.4, -0.2) is 72.3 Å². The minimum absolute atomic E-state index is 0.0618. The van der Waals surface area contributed by atoms with Gasteiger partial charge in [-0.25, -0.2) is 4.79 Å². The van der Waals surface area contributed by atoms with Crippen LogP contribution in [0.4, 0.5) is 0 Å². The van der Waals surface area contributed by atoms with E-state index < -0.39 is 35.2 Å². The Hall–Kier alpha value is -3.21. The predicted octanol–water partition coefficient (Wildman–Crippen LogP) is 2.05. The van der Waals surface area contributed by atoms with Crippen molar-refractivity contribution in [2.24, 2.45) is 0 Å². The highest BCUT2D eigenvalue weighted by Gasteiger charge is 2.38. The van der Waals surface area contributed by atoms with Gasteiger partial charge in [0.1, 0.15) is 12.1 Å². The first kappa shape index (κ1) is 28.0. The summed E-state index contributed by atoms with van der Waals surface area (Å²) in [7, 11) is 0. The normalized spacial score (nSPS) is 16.9. The quantitative estimate of drug-likeness (QED) is 0.168. The Balaban J connectivity index is 1.89. The fourth-order valence-corrected chi connectivity index (χ4v) is 3.98. The lowest BCUT2D eigenvalue weighted by molar-refractivity contribution is -0.757.